The molecule has 0 spiro atoms. The highest BCUT2D eigenvalue weighted by Crippen LogP contribution is 2.44. The molecular weight excluding hydrogens is 313 g/mol. The van der Waals surface area contributed by atoms with Gasteiger partial charge in [-0.3, -0.25) is 14.6 Å². The first-order valence-corrected chi connectivity index (χ1v) is 6.87. The number of nitrogens with zero attached hydrogens (tertiary/aromatic N) is 1. The van der Waals surface area contributed by atoms with E-state index in [9.17, 15) is 22.8 Å². The Balaban J connectivity index is 2.13. The maximum Gasteiger partial charge on any atom is 0.417 e. The van der Waals surface area contributed by atoms with Crippen LogP contribution < -0.4 is 5.73 Å². The van der Waals surface area contributed by atoms with Crippen molar-refractivity contribution in [1.29, 1.82) is 0 Å². The second kappa shape index (κ2) is 6.02. The molecule has 0 unspecified atom stereocenters. The summed E-state index contributed by atoms with van der Waals surface area (Å²) in [4.78, 5) is 26.5. The summed E-state index contributed by atoms with van der Waals surface area (Å²) in [6.07, 6.45) is -2.45. The molecule has 0 bridgehead atoms. The van der Waals surface area contributed by atoms with Gasteiger partial charge in [-0.05, 0) is 31.4 Å². The Morgan fingerprint density at radius 1 is 1.35 bits per heavy atom. The minimum absolute atomic E-state index is 0.0927. The number of alkyl halides is 3. The maximum atomic E-state index is 12.6. The molecule has 124 valence electrons. The summed E-state index contributed by atoms with van der Waals surface area (Å²) in [7, 11) is 0. The van der Waals surface area contributed by atoms with E-state index in [1.807, 2.05) is 0 Å². The van der Waals surface area contributed by atoms with E-state index in [4.69, 9.17) is 10.5 Å². The molecule has 0 aromatic carbocycles. The van der Waals surface area contributed by atoms with Crippen molar-refractivity contribution in [2.75, 3.05) is 0 Å². The zero-order valence-electron chi connectivity index (χ0n) is 12.2. The van der Waals surface area contributed by atoms with Crippen LogP contribution in [0.25, 0.3) is 0 Å². The third-order valence-corrected chi connectivity index (χ3v) is 3.73. The average molecular weight is 328 g/mol. The number of nitrogens with two attached hydrogens (primary N) is 1. The lowest BCUT2D eigenvalue weighted by Crippen LogP contribution is -2.40. The molecule has 1 heterocycles. The number of halogens is 3. The molecular formula is C15H15F3N2O3. The summed E-state index contributed by atoms with van der Waals surface area (Å²) in [5, 5.41) is 0. The van der Waals surface area contributed by atoms with Gasteiger partial charge in [-0.1, -0.05) is 6.58 Å². The molecule has 0 aliphatic heterocycles. The van der Waals surface area contributed by atoms with E-state index in [0.29, 0.717) is 19.0 Å². The molecule has 1 amide bonds. The number of primary amides is 1. The maximum absolute atomic E-state index is 12.6. The van der Waals surface area contributed by atoms with Gasteiger partial charge in [-0.25, -0.2) is 0 Å². The lowest BCUT2D eigenvalue weighted by Gasteiger charge is -2.40. The summed E-state index contributed by atoms with van der Waals surface area (Å²) in [5.74, 6) is -1.52. The van der Waals surface area contributed by atoms with Gasteiger partial charge in [-0.2, -0.15) is 13.2 Å². The predicted octanol–water partition coefficient (Wildman–Crippen LogP) is 2.45. The first kappa shape index (κ1) is 17.0. The van der Waals surface area contributed by atoms with Crippen molar-refractivity contribution in [3.05, 3.63) is 41.7 Å². The van der Waals surface area contributed by atoms with Crippen LogP contribution in [-0.4, -0.2) is 16.9 Å². The second-order valence-electron chi connectivity index (χ2n) is 5.40. The van der Waals surface area contributed by atoms with Crippen molar-refractivity contribution in [2.24, 2.45) is 5.73 Å². The highest BCUT2D eigenvalue weighted by Gasteiger charge is 2.44. The minimum Gasteiger partial charge on any atom is -0.452 e. The van der Waals surface area contributed by atoms with E-state index in [-0.39, 0.29) is 17.7 Å². The topological polar surface area (TPSA) is 82.3 Å². The molecule has 23 heavy (non-hydrogen) atoms. The number of pyridine rings is 1. The van der Waals surface area contributed by atoms with Crippen molar-refractivity contribution in [1.82, 2.24) is 4.98 Å². The molecule has 5 nitrogen and oxygen atoms in total. The summed E-state index contributed by atoms with van der Waals surface area (Å²) in [6.45, 7) is 3.36. The van der Waals surface area contributed by atoms with Crippen LogP contribution in [0, 0.1) is 0 Å². The zero-order valence-corrected chi connectivity index (χ0v) is 12.2. The van der Waals surface area contributed by atoms with Crippen LogP contribution in [0.3, 0.4) is 0 Å². The number of rotatable bonds is 5. The monoisotopic (exact) mass is 328 g/mol. The van der Waals surface area contributed by atoms with Gasteiger partial charge in [0, 0.05) is 11.8 Å². The number of ether oxygens (including phenoxy) is 1. The average Bonchev–Trinajstić information content (AvgIpc) is 2.42. The lowest BCUT2D eigenvalue weighted by atomic mass is 9.77. The fourth-order valence-electron chi connectivity index (χ4n) is 2.25. The number of carbonyl (C=O) groups excluding carboxylic acids is 2. The van der Waals surface area contributed by atoms with Crippen molar-refractivity contribution >= 4 is 11.9 Å². The molecule has 0 saturated heterocycles. The van der Waals surface area contributed by atoms with Crippen molar-refractivity contribution in [3.8, 4) is 0 Å². The van der Waals surface area contributed by atoms with Crippen LogP contribution in [0.2, 0.25) is 0 Å². The van der Waals surface area contributed by atoms with E-state index in [1.54, 1.807) is 0 Å². The van der Waals surface area contributed by atoms with Crippen LogP contribution in [0.1, 0.15) is 36.9 Å². The molecule has 1 aliphatic carbocycles. The van der Waals surface area contributed by atoms with E-state index in [1.165, 1.54) is 6.07 Å². The van der Waals surface area contributed by atoms with Gasteiger partial charge in [0.2, 0.25) is 5.91 Å². The van der Waals surface area contributed by atoms with Crippen LogP contribution in [0.15, 0.2) is 30.5 Å². The van der Waals surface area contributed by atoms with E-state index >= 15 is 0 Å². The van der Waals surface area contributed by atoms with Gasteiger partial charge >= 0.3 is 12.1 Å². The molecule has 1 aromatic rings. The molecule has 1 aromatic heterocycles. The molecule has 0 atom stereocenters. The van der Waals surface area contributed by atoms with Gasteiger partial charge in [0.05, 0.1) is 17.7 Å². The minimum atomic E-state index is -4.48. The number of amides is 1. The predicted molar refractivity (Wildman–Crippen MR) is 73.8 cm³/mol. The van der Waals surface area contributed by atoms with Crippen LogP contribution in [-0.2, 0) is 26.1 Å². The SMILES string of the molecule is C=C(CC(=O)OC1(c2ccc(C(F)(F)F)cn2)CCC1)C(N)=O. The molecule has 1 aliphatic rings. The summed E-state index contributed by atoms with van der Waals surface area (Å²) in [5.41, 5.74) is 3.25. The number of aromatic nitrogens is 1. The highest BCUT2D eigenvalue weighted by atomic mass is 19.4. The van der Waals surface area contributed by atoms with Crippen molar-refractivity contribution in [3.63, 3.8) is 0 Å². The first-order chi connectivity index (χ1) is 10.6. The fraction of sp³-hybridized carbons (Fsp3) is 0.400. The Hall–Kier alpha value is -2.38. The van der Waals surface area contributed by atoms with Crippen LogP contribution in [0.5, 0.6) is 0 Å². The molecule has 2 rings (SSSR count). The summed E-state index contributed by atoms with van der Waals surface area (Å²) in [6, 6.07) is 2.11. The number of hydrogen-bond acceptors (Lipinski definition) is 4. The molecule has 0 radical (unpaired) electrons. The molecule has 1 saturated carbocycles. The largest absolute Gasteiger partial charge is 0.452 e. The van der Waals surface area contributed by atoms with Gasteiger partial charge in [-0.15, -0.1) is 0 Å². The lowest BCUT2D eigenvalue weighted by molar-refractivity contribution is -0.172. The highest BCUT2D eigenvalue weighted by molar-refractivity contribution is 5.95. The van der Waals surface area contributed by atoms with Crippen molar-refractivity contribution < 1.29 is 27.5 Å². The Bertz CT molecular complexity index is 634. The summed E-state index contributed by atoms with van der Waals surface area (Å²) < 4.78 is 43.0. The van der Waals surface area contributed by atoms with Crippen LogP contribution in [0.4, 0.5) is 13.2 Å². The molecule has 8 heteroatoms. The fourth-order valence-corrected chi connectivity index (χ4v) is 2.25. The van der Waals surface area contributed by atoms with Gasteiger partial charge in [0.15, 0.2) is 5.60 Å². The van der Waals surface area contributed by atoms with Gasteiger partial charge in [0.1, 0.15) is 0 Å². The van der Waals surface area contributed by atoms with Crippen LogP contribution >= 0.6 is 0 Å². The van der Waals surface area contributed by atoms with E-state index in [0.717, 1.165) is 12.5 Å². The van der Waals surface area contributed by atoms with E-state index < -0.39 is 29.2 Å². The Morgan fingerprint density at radius 2 is 2.00 bits per heavy atom. The number of esters is 1. The first-order valence-electron chi connectivity index (χ1n) is 6.87. The van der Waals surface area contributed by atoms with E-state index in [2.05, 4.69) is 11.6 Å². The Labute approximate surface area is 130 Å². The van der Waals surface area contributed by atoms with Gasteiger partial charge < -0.3 is 10.5 Å². The Kier molecular flexibility index (Phi) is 4.44. The number of carbonyl (C=O) groups is 2. The normalized spacial score (nSPS) is 16.3. The standard InChI is InChI=1S/C15H15F3N2O3/c1-9(13(19)22)7-12(21)23-14(5-2-6-14)11-4-3-10(8-20-11)15(16,17)18/h3-4,8H,1-2,5-7H2,(H2,19,22). The number of hydrogen-bond donors (Lipinski definition) is 1. The van der Waals surface area contributed by atoms with Gasteiger partial charge in [0.25, 0.3) is 0 Å². The third kappa shape index (κ3) is 3.69. The third-order valence-electron chi connectivity index (χ3n) is 3.73. The molecule has 1 fully saturated rings. The van der Waals surface area contributed by atoms with Crippen molar-refractivity contribution in [2.45, 2.75) is 37.5 Å². The molecule has 2 N–H and O–H groups in total. The smallest absolute Gasteiger partial charge is 0.417 e. The summed E-state index contributed by atoms with van der Waals surface area (Å²) >= 11 is 0. The Morgan fingerprint density at radius 3 is 2.39 bits per heavy atom. The zero-order chi connectivity index (χ0) is 17.3. The second-order valence-corrected chi connectivity index (χ2v) is 5.40. The quantitative estimate of drug-likeness (QED) is 0.665.